The molecule has 0 bridgehead atoms. The van der Waals surface area contributed by atoms with E-state index in [2.05, 4.69) is 5.48 Å². The molecule has 1 amide bonds. The highest BCUT2D eigenvalue weighted by Crippen LogP contribution is 2.27. The Bertz CT molecular complexity index is 382. The summed E-state index contributed by atoms with van der Waals surface area (Å²) in [5, 5.41) is 0. The van der Waals surface area contributed by atoms with E-state index in [4.69, 9.17) is 14.3 Å². The summed E-state index contributed by atoms with van der Waals surface area (Å²) in [6.45, 7) is 4.44. The Hall–Kier alpha value is -1.75. The number of methoxy groups -OCH3 is 2. The first-order chi connectivity index (χ1) is 8.60. The molecule has 1 rings (SSSR count). The first-order valence-electron chi connectivity index (χ1n) is 5.73. The second-order valence-electron chi connectivity index (χ2n) is 4.17. The van der Waals surface area contributed by atoms with Gasteiger partial charge in [0.25, 0.3) is 5.91 Å². The number of ether oxygens (including phenoxy) is 2. The molecule has 0 saturated carbocycles. The van der Waals surface area contributed by atoms with Gasteiger partial charge in [0.05, 0.1) is 20.8 Å². The number of benzene rings is 1. The molecule has 1 aromatic rings. The van der Waals surface area contributed by atoms with Crippen molar-refractivity contribution in [3.63, 3.8) is 0 Å². The fraction of sp³-hybridized carbons (Fsp3) is 0.462. The molecule has 0 aromatic heterocycles. The van der Waals surface area contributed by atoms with Crippen molar-refractivity contribution in [3.05, 3.63) is 23.8 Å². The van der Waals surface area contributed by atoms with Crippen molar-refractivity contribution in [2.45, 2.75) is 13.8 Å². The Kier molecular flexibility index (Phi) is 5.45. The van der Waals surface area contributed by atoms with Crippen molar-refractivity contribution < 1.29 is 19.1 Å². The Morgan fingerprint density at radius 2 is 1.78 bits per heavy atom. The lowest BCUT2D eigenvalue weighted by molar-refractivity contribution is 0.0204. The average Bonchev–Trinajstić information content (AvgIpc) is 2.36. The lowest BCUT2D eigenvalue weighted by Crippen LogP contribution is -2.26. The van der Waals surface area contributed by atoms with Crippen LogP contribution in [0.4, 0.5) is 0 Å². The summed E-state index contributed by atoms with van der Waals surface area (Å²) < 4.78 is 10.3. The van der Waals surface area contributed by atoms with Crippen molar-refractivity contribution in [2.75, 3.05) is 20.8 Å². The molecule has 0 spiro atoms. The zero-order valence-corrected chi connectivity index (χ0v) is 11.1. The number of amides is 1. The molecule has 0 aliphatic carbocycles. The van der Waals surface area contributed by atoms with Gasteiger partial charge in [-0.1, -0.05) is 19.9 Å². The molecule has 1 aromatic carbocycles. The Morgan fingerprint density at radius 3 is 2.22 bits per heavy atom. The molecular formula is C13H19NO4. The van der Waals surface area contributed by atoms with Gasteiger partial charge in [0.1, 0.15) is 17.1 Å². The van der Waals surface area contributed by atoms with E-state index in [9.17, 15) is 4.79 Å². The highest BCUT2D eigenvalue weighted by Gasteiger charge is 2.18. The molecule has 5 nitrogen and oxygen atoms in total. The lowest BCUT2D eigenvalue weighted by Gasteiger charge is -2.13. The zero-order chi connectivity index (χ0) is 13.5. The summed E-state index contributed by atoms with van der Waals surface area (Å²) in [7, 11) is 3.00. The van der Waals surface area contributed by atoms with Gasteiger partial charge in [0.2, 0.25) is 0 Å². The minimum atomic E-state index is -0.384. The molecule has 18 heavy (non-hydrogen) atoms. The van der Waals surface area contributed by atoms with E-state index >= 15 is 0 Å². The second-order valence-corrected chi connectivity index (χ2v) is 4.17. The number of hydrogen-bond acceptors (Lipinski definition) is 4. The van der Waals surface area contributed by atoms with Crippen molar-refractivity contribution in [3.8, 4) is 11.5 Å². The molecule has 0 atom stereocenters. The maximum absolute atomic E-state index is 12.0. The van der Waals surface area contributed by atoms with Crippen LogP contribution in [0.3, 0.4) is 0 Å². The number of nitrogens with one attached hydrogen (secondary N) is 1. The van der Waals surface area contributed by atoms with Crippen LogP contribution in [-0.4, -0.2) is 26.7 Å². The standard InChI is InChI=1S/C13H19NO4/c1-9(2)8-18-14-13(15)12-10(16-3)6-5-7-11(12)17-4/h5-7,9H,8H2,1-4H3,(H,14,15). The number of rotatable bonds is 6. The van der Waals surface area contributed by atoms with E-state index in [-0.39, 0.29) is 5.91 Å². The number of hydrogen-bond donors (Lipinski definition) is 1. The van der Waals surface area contributed by atoms with Crippen LogP contribution < -0.4 is 15.0 Å². The Balaban J connectivity index is 2.83. The largest absolute Gasteiger partial charge is 0.496 e. The van der Waals surface area contributed by atoms with Crippen molar-refractivity contribution in [1.82, 2.24) is 5.48 Å². The summed E-state index contributed by atoms with van der Waals surface area (Å²) >= 11 is 0. The molecule has 0 saturated heterocycles. The van der Waals surface area contributed by atoms with Gasteiger partial charge in [-0.2, -0.15) is 0 Å². The molecule has 100 valence electrons. The van der Waals surface area contributed by atoms with Crippen LogP contribution >= 0.6 is 0 Å². The topological polar surface area (TPSA) is 56.8 Å². The van der Waals surface area contributed by atoms with Gasteiger partial charge in [0, 0.05) is 0 Å². The van der Waals surface area contributed by atoms with E-state index in [0.717, 1.165) is 0 Å². The Labute approximate surface area is 107 Å². The minimum absolute atomic E-state index is 0.325. The maximum Gasteiger partial charge on any atom is 0.282 e. The monoisotopic (exact) mass is 253 g/mol. The summed E-state index contributed by atoms with van der Waals surface area (Å²) in [6.07, 6.45) is 0. The van der Waals surface area contributed by atoms with Gasteiger partial charge in [-0.15, -0.1) is 0 Å². The highest BCUT2D eigenvalue weighted by molar-refractivity contribution is 5.99. The quantitative estimate of drug-likeness (QED) is 0.788. The Morgan fingerprint density at radius 1 is 1.22 bits per heavy atom. The molecule has 0 aliphatic heterocycles. The van der Waals surface area contributed by atoms with Crippen molar-refractivity contribution in [1.29, 1.82) is 0 Å². The van der Waals surface area contributed by atoms with Crippen molar-refractivity contribution in [2.24, 2.45) is 5.92 Å². The zero-order valence-electron chi connectivity index (χ0n) is 11.1. The molecule has 0 heterocycles. The summed E-state index contributed by atoms with van der Waals surface area (Å²) in [5.74, 6) is 0.842. The van der Waals surface area contributed by atoms with Gasteiger partial charge in [0.15, 0.2) is 0 Å². The third-order valence-electron chi connectivity index (χ3n) is 2.24. The number of hydroxylamine groups is 1. The first kappa shape index (κ1) is 14.3. The third kappa shape index (κ3) is 3.63. The maximum atomic E-state index is 12.0. The van der Waals surface area contributed by atoms with E-state index in [1.807, 2.05) is 13.8 Å². The van der Waals surface area contributed by atoms with Crippen LogP contribution in [0.15, 0.2) is 18.2 Å². The van der Waals surface area contributed by atoms with Crippen molar-refractivity contribution >= 4 is 5.91 Å². The third-order valence-corrected chi connectivity index (χ3v) is 2.24. The molecule has 1 N–H and O–H groups in total. The van der Waals surface area contributed by atoms with Gasteiger partial charge >= 0.3 is 0 Å². The SMILES string of the molecule is COc1cccc(OC)c1C(=O)NOCC(C)C. The fourth-order valence-corrected chi connectivity index (χ4v) is 1.40. The van der Waals surface area contributed by atoms with Crippen LogP contribution in [0.5, 0.6) is 11.5 Å². The van der Waals surface area contributed by atoms with Crippen LogP contribution in [0.25, 0.3) is 0 Å². The molecule has 0 aliphatic rings. The summed E-state index contributed by atoms with van der Waals surface area (Å²) in [5.41, 5.74) is 2.71. The minimum Gasteiger partial charge on any atom is -0.496 e. The summed E-state index contributed by atoms with van der Waals surface area (Å²) in [4.78, 5) is 17.1. The van der Waals surface area contributed by atoms with E-state index < -0.39 is 0 Å². The predicted molar refractivity (Wildman–Crippen MR) is 67.8 cm³/mol. The summed E-state index contributed by atoms with van der Waals surface area (Å²) in [6, 6.07) is 5.14. The highest BCUT2D eigenvalue weighted by atomic mass is 16.7. The van der Waals surface area contributed by atoms with E-state index in [1.54, 1.807) is 18.2 Å². The van der Waals surface area contributed by atoms with E-state index in [0.29, 0.717) is 29.6 Å². The fourth-order valence-electron chi connectivity index (χ4n) is 1.40. The second kappa shape index (κ2) is 6.86. The first-order valence-corrected chi connectivity index (χ1v) is 5.73. The molecule has 0 fully saturated rings. The van der Waals surface area contributed by atoms with Gasteiger partial charge in [-0.05, 0) is 18.1 Å². The van der Waals surface area contributed by atoms with Gasteiger partial charge in [-0.3, -0.25) is 9.63 Å². The number of carbonyl (C=O) groups is 1. The van der Waals surface area contributed by atoms with Crippen LogP contribution in [0.2, 0.25) is 0 Å². The van der Waals surface area contributed by atoms with E-state index in [1.165, 1.54) is 14.2 Å². The van der Waals surface area contributed by atoms with Gasteiger partial charge < -0.3 is 9.47 Å². The predicted octanol–water partition coefficient (Wildman–Crippen LogP) is 2.02. The normalized spacial score (nSPS) is 10.3. The number of carbonyl (C=O) groups excluding carboxylic acids is 1. The van der Waals surface area contributed by atoms with Gasteiger partial charge in [-0.25, -0.2) is 5.48 Å². The smallest absolute Gasteiger partial charge is 0.282 e. The molecule has 0 radical (unpaired) electrons. The van der Waals surface area contributed by atoms with Crippen LogP contribution in [0.1, 0.15) is 24.2 Å². The lowest BCUT2D eigenvalue weighted by atomic mass is 10.1. The average molecular weight is 253 g/mol. The van der Waals surface area contributed by atoms with Crippen LogP contribution in [0, 0.1) is 5.92 Å². The molecule has 0 unspecified atom stereocenters. The van der Waals surface area contributed by atoms with Crippen LogP contribution in [-0.2, 0) is 4.84 Å². The molecule has 5 heteroatoms. The molecular weight excluding hydrogens is 234 g/mol.